The highest BCUT2D eigenvalue weighted by Crippen LogP contribution is 2.39. The fraction of sp³-hybridized carbons (Fsp3) is 0.353. The van der Waals surface area contributed by atoms with Crippen molar-refractivity contribution in [3.8, 4) is 11.5 Å². The Balaban J connectivity index is 1.40. The van der Waals surface area contributed by atoms with Crippen LogP contribution in [0.4, 0.5) is 9.93 Å². The van der Waals surface area contributed by atoms with Crippen LogP contribution in [0.1, 0.15) is 51.4 Å². The van der Waals surface area contributed by atoms with Crippen molar-refractivity contribution in [2.75, 3.05) is 38.8 Å². The first-order chi connectivity index (χ1) is 23.1. The van der Waals surface area contributed by atoms with E-state index in [1.165, 1.54) is 48.9 Å². The van der Waals surface area contributed by atoms with Crippen LogP contribution in [0.2, 0.25) is 10.0 Å². The Bertz CT molecular complexity index is 1780. The van der Waals surface area contributed by atoms with E-state index < -0.39 is 18.0 Å². The number of benzene rings is 2. The molecule has 4 aromatic rings. The van der Waals surface area contributed by atoms with E-state index >= 15 is 0 Å². The zero-order chi connectivity index (χ0) is 33.9. The van der Waals surface area contributed by atoms with Crippen LogP contribution in [-0.4, -0.2) is 67.0 Å². The molecule has 7 rings (SSSR count). The van der Waals surface area contributed by atoms with Crippen molar-refractivity contribution in [3.63, 3.8) is 0 Å². The van der Waals surface area contributed by atoms with Gasteiger partial charge in [-0.2, -0.15) is 4.73 Å². The Hall–Kier alpha value is -4.10. The average Bonchev–Trinajstić information content (AvgIpc) is 3.62. The van der Waals surface area contributed by atoms with Gasteiger partial charge in [0.15, 0.2) is 29.0 Å². The number of hydrogen-bond acceptors (Lipinski definition) is 9. The summed E-state index contributed by atoms with van der Waals surface area (Å²) in [5, 5.41) is 24.9. The Morgan fingerprint density at radius 3 is 2.44 bits per heavy atom. The number of pyridine rings is 1. The molecule has 1 N–H and O–H groups in total. The number of methoxy groups -OCH3 is 2. The lowest BCUT2D eigenvalue weighted by molar-refractivity contribution is -0.605. The van der Waals surface area contributed by atoms with Crippen LogP contribution in [0.3, 0.4) is 0 Å². The summed E-state index contributed by atoms with van der Waals surface area (Å²) in [6.07, 6.45) is 5.47. The second-order valence-electron chi connectivity index (χ2n) is 11.9. The first-order valence-electron chi connectivity index (χ1n) is 15.4. The fourth-order valence-electron chi connectivity index (χ4n) is 6.58. The van der Waals surface area contributed by atoms with E-state index in [1.807, 2.05) is 6.07 Å². The van der Waals surface area contributed by atoms with Crippen molar-refractivity contribution in [2.45, 2.75) is 37.8 Å². The molecule has 0 radical (unpaired) electrons. The Morgan fingerprint density at radius 2 is 1.83 bits per heavy atom. The molecule has 0 spiro atoms. The van der Waals surface area contributed by atoms with Gasteiger partial charge < -0.3 is 24.5 Å². The van der Waals surface area contributed by atoms with Crippen molar-refractivity contribution in [1.29, 1.82) is 0 Å². The number of rotatable bonds is 11. The first kappa shape index (κ1) is 33.8. The number of anilines is 1. The van der Waals surface area contributed by atoms with Gasteiger partial charge in [0.1, 0.15) is 16.1 Å². The Morgan fingerprint density at radius 1 is 1.10 bits per heavy atom. The molecule has 3 saturated heterocycles. The monoisotopic (exact) mass is 712 g/mol. The number of thiazole rings is 1. The minimum atomic E-state index is -1.14. The van der Waals surface area contributed by atoms with Crippen LogP contribution in [-0.2, 0) is 17.7 Å². The number of ether oxygens (including phenoxy) is 3. The molecule has 11 nitrogen and oxygen atoms in total. The Labute approximate surface area is 291 Å². The van der Waals surface area contributed by atoms with E-state index in [1.54, 1.807) is 35.8 Å². The van der Waals surface area contributed by atoms with Gasteiger partial charge in [-0.15, -0.1) is 11.3 Å². The predicted molar refractivity (Wildman–Crippen MR) is 182 cm³/mol. The number of amides is 1. The molecule has 3 fully saturated rings. The molecule has 48 heavy (non-hydrogen) atoms. The number of aromatic carboxylic acids is 1. The minimum Gasteiger partial charge on any atom is -0.619 e. The van der Waals surface area contributed by atoms with Gasteiger partial charge in [0, 0.05) is 29.6 Å². The lowest BCUT2D eigenvalue weighted by atomic mass is 9.82. The van der Waals surface area contributed by atoms with E-state index in [0.717, 1.165) is 25.9 Å². The number of piperidine rings is 3. The maximum absolute atomic E-state index is 13.8. The molecule has 14 heteroatoms. The molecular formula is C34H34Cl2N4O7S. The second kappa shape index (κ2) is 14.6. The zero-order valence-electron chi connectivity index (χ0n) is 26.3. The molecular weight excluding hydrogens is 679 g/mol. The van der Waals surface area contributed by atoms with E-state index in [9.17, 15) is 19.9 Å². The number of fused-ring (bicyclic) bond motifs is 3. The topological polar surface area (TPSA) is 128 Å². The van der Waals surface area contributed by atoms with Gasteiger partial charge in [-0.05, 0) is 73.2 Å². The van der Waals surface area contributed by atoms with Gasteiger partial charge in [0.05, 0.1) is 26.3 Å². The number of carbonyl (C=O) groups excluding carboxylic acids is 1. The smallest absolute Gasteiger partial charge is 0.416 e. The van der Waals surface area contributed by atoms with E-state index in [4.69, 9.17) is 37.4 Å². The molecule has 252 valence electrons. The van der Waals surface area contributed by atoms with Crippen molar-refractivity contribution in [3.05, 3.63) is 103 Å². The number of halogens is 2. The quantitative estimate of drug-likeness (QED) is 0.139. The third kappa shape index (κ3) is 7.17. The molecule has 2 atom stereocenters. The first-order valence-corrected chi connectivity index (χ1v) is 17.0. The minimum absolute atomic E-state index is 0.0521. The van der Waals surface area contributed by atoms with Crippen molar-refractivity contribution in [2.24, 2.45) is 5.92 Å². The number of carbonyl (C=O) groups is 2. The van der Waals surface area contributed by atoms with Gasteiger partial charge in [-0.3, -0.25) is 4.90 Å². The van der Waals surface area contributed by atoms with Gasteiger partial charge in [-0.1, -0.05) is 41.4 Å². The van der Waals surface area contributed by atoms with Gasteiger partial charge >= 0.3 is 12.1 Å². The summed E-state index contributed by atoms with van der Waals surface area (Å²) >= 11 is 14.4. The molecule has 1 amide bonds. The highest BCUT2D eigenvalue weighted by Gasteiger charge is 2.38. The van der Waals surface area contributed by atoms with Crippen molar-refractivity contribution < 1.29 is 33.6 Å². The molecule has 3 aliphatic heterocycles. The van der Waals surface area contributed by atoms with Crippen LogP contribution in [0.15, 0.2) is 60.4 Å². The van der Waals surface area contributed by atoms with Crippen LogP contribution >= 0.6 is 34.5 Å². The number of nitrogens with zero attached hydrogens (tertiary/aromatic N) is 4. The van der Waals surface area contributed by atoms with Gasteiger partial charge in [-0.25, -0.2) is 19.5 Å². The standard InChI is InChI=1S/C34H34Cl2N4O7S/c1-45-29-6-4-22(14-30(29)46-2)24(15-26-27(35)17-39(44)18-28(26)36)25-13-20(3-5-23(25)32(41)42)16-40(33-37-9-12-48-33)34(43)47-31-19-38-10-7-21(31)8-11-38/h3-6,9,12-14,17-18,21,24,31H,7-8,10-11,15-16,19H2,1-2H3,(H,41,42)/t24-,31-/m0/s1. The Kier molecular flexibility index (Phi) is 10.3. The maximum atomic E-state index is 13.8. The molecule has 3 aliphatic rings. The second-order valence-corrected chi connectivity index (χ2v) is 13.5. The average molecular weight is 714 g/mol. The summed E-state index contributed by atoms with van der Waals surface area (Å²) in [5.74, 6) is -0.491. The molecule has 2 aromatic heterocycles. The summed E-state index contributed by atoms with van der Waals surface area (Å²) < 4.78 is 17.6. The summed E-state index contributed by atoms with van der Waals surface area (Å²) in [5.41, 5.74) is 2.32. The van der Waals surface area contributed by atoms with Gasteiger partial charge in [0.25, 0.3) is 0 Å². The SMILES string of the molecule is COc1ccc([C@H](Cc2c(Cl)c[n+]([O-])cc2Cl)c2cc(CN(C(=O)O[C@H]3CN4CCC3CC4)c3nccs3)ccc2C(=O)O)cc1OC. The van der Waals surface area contributed by atoms with Gasteiger partial charge in [0.2, 0.25) is 0 Å². The van der Waals surface area contributed by atoms with E-state index in [0.29, 0.717) is 56.1 Å². The molecule has 0 unspecified atom stereocenters. The highest BCUT2D eigenvalue weighted by molar-refractivity contribution is 7.13. The third-order valence-corrected chi connectivity index (χ3v) is 10.5. The van der Waals surface area contributed by atoms with Crippen LogP contribution in [0.5, 0.6) is 11.5 Å². The molecule has 0 saturated carbocycles. The number of carboxylic acids is 1. The largest absolute Gasteiger partial charge is 0.619 e. The zero-order valence-corrected chi connectivity index (χ0v) is 28.6. The maximum Gasteiger partial charge on any atom is 0.416 e. The summed E-state index contributed by atoms with van der Waals surface area (Å²) in [7, 11) is 3.04. The lowest BCUT2D eigenvalue weighted by Gasteiger charge is -2.44. The predicted octanol–water partition coefficient (Wildman–Crippen LogP) is 6.41. The summed E-state index contributed by atoms with van der Waals surface area (Å²) in [6.45, 7) is 2.84. The fourth-order valence-corrected chi connectivity index (χ4v) is 7.81. The van der Waals surface area contributed by atoms with Crippen molar-refractivity contribution >= 4 is 51.7 Å². The van der Waals surface area contributed by atoms with Crippen LogP contribution in [0, 0.1) is 11.1 Å². The molecule has 0 aliphatic carbocycles. The van der Waals surface area contributed by atoms with E-state index in [2.05, 4.69) is 9.88 Å². The lowest BCUT2D eigenvalue weighted by Crippen LogP contribution is -2.53. The molecule has 2 aromatic carbocycles. The highest BCUT2D eigenvalue weighted by atomic mass is 35.5. The van der Waals surface area contributed by atoms with E-state index in [-0.39, 0.29) is 34.7 Å². The van der Waals surface area contributed by atoms with Crippen LogP contribution < -0.4 is 19.1 Å². The van der Waals surface area contributed by atoms with Crippen LogP contribution in [0.25, 0.3) is 0 Å². The normalized spacial score (nSPS) is 19.0. The molecule has 5 heterocycles. The molecule has 2 bridgehead atoms. The number of carboxylic acid groups (broad SMARTS) is 1. The number of hydrogen-bond donors (Lipinski definition) is 1. The summed E-state index contributed by atoms with van der Waals surface area (Å²) in [4.78, 5) is 34.7. The van der Waals surface area contributed by atoms with Crippen molar-refractivity contribution in [1.82, 2.24) is 9.88 Å². The summed E-state index contributed by atoms with van der Waals surface area (Å²) in [6, 6.07) is 10.3. The number of aromatic nitrogens is 2. The third-order valence-electron chi connectivity index (χ3n) is 9.06.